The molecule has 2 N–H and O–H groups in total. The fourth-order valence-corrected chi connectivity index (χ4v) is 2.66. The summed E-state index contributed by atoms with van der Waals surface area (Å²) in [4.78, 5) is 12.4. The fourth-order valence-electron chi connectivity index (χ4n) is 2.66. The van der Waals surface area contributed by atoms with E-state index in [1.54, 1.807) is 0 Å². The summed E-state index contributed by atoms with van der Waals surface area (Å²) in [6, 6.07) is 10.4. The SMILES string of the molecule is CC(C)NC(=O)C(NC1CCCC1)c1ccccc1. The normalized spacial score (nSPS) is 17.6. The molecule has 0 radical (unpaired) electrons. The second-order valence-corrected chi connectivity index (χ2v) is 5.66. The predicted molar refractivity (Wildman–Crippen MR) is 77.9 cm³/mol. The van der Waals surface area contributed by atoms with Crippen LogP contribution in [-0.2, 0) is 4.79 Å². The van der Waals surface area contributed by atoms with E-state index in [2.05, 4.69) is 10.6 Å². The van der Waals surface area contributed by atoms with Gasteiger partial charge >= 0.3 is 0 Å². The zero-order chi connectivity index (χ0) is 13.7. The van der Waals surface area contributed by atoms with E-state index in [1.165, 1.54) is 25.7 Å². The van der Waals surface area contributed by atoms with E-state index in [1.807, 2.05) is 44.2 Å². The molecule has 2 rings (SSSR count). The van der Waals surface area contributed by atoms with Gasteiger partial charge in [0.2, 0.25) is 5.91 Å². The molecule has 1 aromatic rings. The van der Waals surface area contributed by atoms with Crippen LogP contribution in [0.15, 0.2) is 30.3 Å². The van der Waals surface area contributed by atoms with Crippen molar-refractivity contribution in [3.8, 4) is 0 Å². The van der Waals surface area contributed by atoms with E-state index in [9.17, 15) is 4.79 Å². The predicted octanol–water partition coefficient (Wildman–Crippen LogP) is 2.78. The van der Waals surface area contributed by atoms with Crippen molar-refractivity contribution in [1.29, 1.82) is 0 Å². The molecule has 0 bridgehead atoms. The summed E-state index contributed by atoms with van der Waals surface area (Å²) < 4.78 is 0. The minimum absolute atomic E-state index is 0.0769. The van der Waals surface area contributed by atoms with Gasteiger partial charge in [0.25, 0.3) is 0 Å². The summed E-state index contributed by atoms with van der Waals surface area (Å²) in [7, 11) is 0. The van der Waals surface area contributed by atoms with Crippen molar-refractivity contribution in [2.45, 2.75) is 57.7 Å². The number of benzene rings is 1. The molecular formula is C16H24N2O. The van der Waals surface area contributed by atoms with Crippen LogP contribution >= 0.6 is 0 Å². The Morgan fingerprint density at radius 2 is 1.79 bits per heavy atom. The van der Waals surface area contributed by atoms with E-state index >= 15 is 0 Å². The number of carbonyl (C=O) groups is 1. The largest absolute Gasteiger partial charge is 0.352 e. The van der Waals surface area contributed by atoms with Crippen molar-refractivity contribution in [2.24, 2.45) is 0 Å². The van der Waals surface area contributed by atoms with Gasteiger partial charge in [-0.05, 0) is 32.3 Å². The van der Waals surface area contributed by atoms with Crippen LogP contribution in [-0.4, -0.2) is 18.0 Å². The van der Waals surface area contributed by atoms with Crippen molar-refractivity contribution in [3.05, 3.63) is 35.9 Å². The molecule has 0 heterocycles. The van der Waals surface area contributed by atoms with Crippen molar-refractivity contribution in [2.75, 3.05) is 0 Å². The second-order valence-electron chi connectivity index (χ2n) is 5.66. The molecule has 1 aliphatic carbocycles. The van der Waals surface area contributed by atoms with Gasteiger partial charge in [0.05, 0.1) is 0 Å². The molecule has 0 spiro atoms. The number of nitrogens with one attached hydrogen (secondary N) is 2. The molecule has 1 atom stereocenters. The summed E-state index contributed by atoms with van der Waals surface area (Å²) in [6.07, 6.45) is 4.90. The molecule has 0 aromatic heterocycles. The van der Waals surface area contributed by atoms with Crippen LogP contribution in [0.2, 0.25) is 0 Å². The van der Waals surface area contributed by atoms with Gasteiger partial charge in [-0.25, -0.2) is 0 Å². The van der Waals surface area contributed by atoms with Gasteiger partial charge in [0, 0.05) is 12.1 Å². The highest BCUT2D eigenvalue weighted by atomic mass is 16.2. The molecule has 19 heavy (non-hydrogen) atoms. The first-order valence-corrected chi connectivity index (χ1v) is 7.28. The van der Waals surface area contributed by atoms with Crippen molar-refractivity contribution >= 4 is 5.91 Å². The van der Waals surface area contributed by atoms with E-state index in [0.29, 0.717) is 6.04 Å². The average Bonchev–Trinajstić information content (AvgIpc) is 2.89. The van der Waals surface area contributed by atoms with Crippen LogP contribution in [0.5, 0.6) is 0 Å². The monoisotopic (exact) mass is 260 g/mol. The van der Waals surface area contributed by atoms with Crippen LogP contribution < -0.4 is 10.6 Å². The van der Waals surface area contributed by atoms with E-state index in [0.717, 1.165) is 5.56 Å². The summed E-state index contributed by atoms with van der Waals surface area (Å²) in [5, 5.41) is 6.54. The molecule has 0 aliphatic heterocycles. The lowest BCUT2D eigenvalue weighted by molar-refractivity contribution is -0.124. The number of carbonyl (C=O) groups excluding carboxylic acids is 1. The topological polar surface area (TPSA) is 41.1 Å². The lowest BCUT2D eigenvalue weighted by Crippen LogP contribution is -2.43. The molecule has 1 amide bonds. The van der Waals surface area contributed by atoms with Gasteiger partial charge in [-0.1, -0.05) is 43.2 Å². The minimum atomic E-state index is -0.230. The lowest BCUT2D eigenvalue weighted by Gasteiger charge is -2.23. The van der Waals surface area contributed by atoms with Gasteiger partial charge in [-0.15, -0.1) is 0 Å². The zero-order valence-corrected chi connectivity index (χ0v) is 11.9. The average molecular weight is 260 g/mol. The molecule has 1 aromatic carbocycles. The van der Waals surface area contributed by atoms with Crippen LogP contribution in [0, 0.1) is 0 Å². The van der Waals surface area contributed by atoms with Gasteiger partial charge in [0.1, 0.15) is 6.04 Å². The van der Waals surface area contributed by atoms with Crippen molar-refractivity contribution in [1.82, 2.24) is 10.6 Å². The van der Waals surface area contributed by atoms with Crippen LogP contribution in [0.4, 0.5) is 0 Å². The Hall–Kier alpha value is -1.35. The summed E-state index contributed by atoms with van der Waals surface area (Å²) in [5.74, 6) is 0.0769. The number of hydrogen-bond acceptors (Lipinski definition) is 2. The van der Waals surface area contributed by atoms with E-state index in [-0.39, 0.29) is 18.0 Å². The van der Waals surface area contributed by atoms with Crippen molar-refractivity contribution < 1.29 is 4.79 Å². The van der Waals surface area contributed by atoms with Gasteiger partial charge in [-0.3, -0.25) is 10.1 Å². The first kappa shape index (κ1) is 14.1. The Balaban J connectivity index is 2.10. The number of amides is 1. The summed E-state index contributed by atoms with van der Waals surface area (Å²) >= 11 is 0. The van der Waals surface area contributed by atoms with Gasteiger partial charge < -0.3 is 5.32 Å². The highest BCUT2D eigenvalue weighted by molar-refractivity contribution is 5.83. The van der Waals surface area contributed by atoms with Crippen LogP contribution in [0.3, 0.4) is 0 Å². The van der Waals surface area contributed by atoms with Crippen molar-refractivity contribution in [3.63, 3.8) is 0 Å². The molecule has 104 valence electrons. The number of rotatable bonds is 5. The molecular weight excluding hydrogens is 236 g/mol. The third kappa shape index (κ3) is 4.06. The summed E-state index contributed by atoms with van der Waals surface area (Å²) in [6.45, 7) is 3.99. The highest BCUT2D eigenvalue weighted by Gasteiger charge is 2.25. The van der Waals surface area contributed by atoms with E-state index < -0.39 is 0 Å². The maximum absolute atomic E-state index is 12.4. The molecule has 1 unspecified atom stereocenters. The molecule has 1 aliphatic rings. The lowest BCUT2D eigenvalue weighted by atomic mass is 10.0. The summed E-state index contributed by atoms with van der Waals surface area (Å²) in [5.41, 5.74) is 1.05. The van der Waals surface area contributed by atoms with Crippen LogP contribution in [0.1, 0.15) is 51.1 Å². The third-order valence-corrected chi connectivity index (χ3v) is 3.58. The maximum Gasteiger partial charge on any atom is 0.241 e. The Morgan fingerprint density at radius 1 is 1.16 bits per heavy atom. The Kier molecular flexibility index (Phi) is 4.97. The van der Waals surface area contributed by atoms with Gasteiger partial charge in [0.15, 0.2) is 0 Å². The molecule has 1 fully saturated rings. The molecule has 3 nitrogen and oxygen atoms in total. The Morgan fingerprint density at radius 3 is 2.37 bits per heavy atom. The molecule has 1 saturated carbocycles. The Labute approximate surface area is 115 Å². The van der Waals surface area contributed by atoms with Gasteiger partial charge in [-0.2, -0.15) is 0 Å². The zero-order valence-electron chi connectivity index (χ0n) is 11.9. The smallest absolute Gasteiger partial charge is 0.241 e. The number of hydrogen-bond donors (Lipinski definition) is 2. The Bertz CT molecular complexity index is 396. The standard InChI is InChI=1S/C16H24N2O/c1-12(2)17-16(19)15(13-8-4-3-5-9-13)18-14-10-6-7-11-14/h3-5,8-9,12,14-15,18H,6-7,10-11H2,1-2H3,(H,17,19). The van der Waals surface area contributed by atoms with Crippen LogP contribution in [0.25, 0.3) is 0 Å². The first-order valence-electron chi connectivity index (χ1n) is 7.28. The first-order chi connectivity index (χ1) is 9.16. The third-order valence-electron chi connectivity index (χ3n) is 3.58. The van der Waals surface area contributed by atoms with E-state index in [4.69, 9.17) is 0 Å². The molecule has 0 saturated heterocycles. The fraction of sp³-hybridized carbons (Fsp3) is 0.562. The highest BCUT2D eigenvalue weighted by Crippen LogP contribution is 2.22. The maximum atomic E-state index is 12.4. The minimum Gasteiger partial charge on any atom is -0.352 e. The molecule has 3 heteroatoms. The quantitative estimate of drug-likeness (QED) is 0.854. The second kappa shape index (κ2) is 6.71.